The van der Waals surface area contributed by atoms with Crippen LogP contribution in [0.15, 0.2) is 0 Å². The molecule has 0 atom stereocenters. The van der Waals surface area contributed by atoms with Crippen molar-refractivity contribution < 1.29 is 14.3 Å². The van der Waals surface area contributed by atoms with Crippen LogP contribution in [0.3, 0.4) is 0 Å². The Balaban J connectivity index is 0.000000531. The SMILES string of the molecule is CC.O=C1CC2(CCCCC2)CC(=O)O1. The number of ether oxygens (including phenoxy) is 1. The van der Waals surface area contributed by atoms with Crippen molar-refractivity contribution in [1.82, 2.24) is 0 Å². The van der Waals surface area contributed by atoms with E-state index in [0.717, 1.165) is 25.7 Å². The molecule has 1 saturated heterocycles. The van der Waals surface area contributed by atoms with E-state index in [9.17, 15) is 9.59 Å². The van der Waals surface area contributed by atoms with Crippen molar-refractivity contribution in [2.24, 2.45) is 5.41 Å². The number of carbonyl (C=O) groups excluding carboxylic acids is 2. The zero-order valence-corrected chi connectivity index (χ0v) is 9.67. The molecule has 0 radical (unpaired) electrons. The molecule has 1 aliphatic carbocycles. The molecule has 15 heavy (non-hydrogen) atoms. The highest BCUT2D eigenvalue weighted by Crippen LogP contribution is 2.44. The van der Waals surface area contributed by atoms with Crippen molar-refractivity contribution in [2.75, 3.05) is 0 Å². The van der Waals surface area contributed by atoms with E-state index in [1.807, 2.05) is 13.8 Å². The summed E-state index contributed by atoms with van der Waals surface area (Å²) in [5.41, 5.74) is -0.0231. The van der Waals surface area contributed by atoms with E-state index in [2.05, 4.69) is 4.74 Å². The summed E-state index contributed by atoms with van der Waals surface area (Å²) in [5, 5.41) is 0. The fourth-order valence-corrected chi connectivity index (χ4v) is 2.53. The first kappa shape index (κ1) is 12.2. The lowest BCUT2D eigenvalue weighted by Crippen LogP contribution is -2.37. The molecule has 3 heteroatoms. The van der Waals surface area contributed by atoms with Crippen LogP contribution in [0.5, 0.6) is 0 Å². The van der Waals surface area contributed by atoms with E-state index in [-0.39, 0.29) is 17.4 Å². The Hall–Kier alpha value is -0.860. The summed E-state index contributed by atoms with van der Waals surface area (Å²) in [7, 11) is 0. The third-order valence-electron chi connectivity index (χ3n) is 3.18. The molecular weight excluding hydrogens is 192 g/mol. The van der Waals surface area contributed by atoms with Crippen molar-refractivity contribution in [3.63, 3.8) is 0 Å². The van der Waals surface area contributed by atoms with E-state index in [1.54, 1.807) is 0 Å². The molecule has 2 aliphatic rings. The highest BCUT2D eigenvalue weighted by molar-refractivity contribution is 5.89. The average molecular weight is 212 g/mol. The normalized spacial score (nSPS) is 24.1. The first-order valence-corrected chi connectivity index (χ1v) is 5.94. The summed E-state index contributed by atoms with van der Waals surface area (Å²) >= 11 is 0. The van der Waals surface area contributed by atoms with Gasteiger partial charge in [0.2, 0.25) is 0 Å². The zero-order chi connectivity index (χ0) is 11.3. The number of esters is 2. The minimum atomic E-state index is -0.321. The van der Waals surface area contributed by atoms with Crippen LogP contribution in [0.4, 0.5) is 0 Å². The number of hydrogen-bond acceptors (Lipinski definition) is 3. The smallest absolute Gasteiger partial charge is 0.314 e. The lowest BCUT2D eigenvalue weighted by Gasteiger charge is -2.37. The van der Waals surface area contributed by atoms with Crippen molar-refractivity contribution in [1.29, 1.82) is 0 Å². The molecule has 0 aromatic heterocycles. The van der Waals surface area contributed by atoms with Gasteiger partial charge in [-0.2, -0.15) is 0 Å². The standard InChI is InChI=1S/C10H14O3.C2H6/c11-8-6-10(7-9(12)13-8)4-2-1-3-5-10;1-2/h1-7H2;1-2H3. The predicted molar refractivity (Wildman–Crippen MR) is 57.2 cm³/mol. The van der Waals surface area contributed by atoms with E-state index in [1.165, 1.54) is 6.42 Å². The summed E-state index contributed by atoms with van der Waals surface area (Å²) in [6, 6.07) is 0. The van der Waals surface area contributed by atoms with E-state index in [0.29, 0.717) is 12.8 Å². The van der Waals surface area contributed by atoms with Gasteiger partial charge in [-0.15, -0.1) is 0 Å². The molecule has 0 bridgehead atoms. The third-order valence-corrected chi connectivity index (χ3v) is 3.18. The maximum Gasteiger partial charge on any atom is 0.314 e. The Morgan fingerprint density at radius 3 is 1.87 bits per heavy atom. The molecule has 86 valence electrons. The monoisotopic (exact) mass is 212 g/mol. The first-order valence-electron chi connectivity index (χ1n) is 5.94. The molecule has 3 nitrogen and oxygen atoms in total. The second kappa shape index (κ2) is 5.29. The fourth-order valence-electron chi connectivity index (χ4n) is 2.53. The molecular formula is C12H20O3. The van der Waals surface area contributed by atoms with Gasteiger partial charge in [-0.1, -0.05) is 33.1 Å². The molecule has 0 N–H and O–H groups in total. The van der Waals surface area contributed by atoms with Gasteiger partial charge < -0.3 is 4.74 Å². The molecule has 0 unspecified atom stereocenters. The van der Waals surface area contributed by atoms with Crippen LogP contribution in [0.2, 0.25) is 0 Å². The van der Waals surface area contributed by atoms with Crippen molar-refractivity contribution in [3.05, 3.63) is 0 Å². The molecule has 2 fully saturated rings. The second-order valence-electron chi connectivity index (χ2n) is 4.26. The van der Waals surface area contributed by atoms with Gasteiger partial charge in [0.15, 0.2) is 0 Å². The first-order chi connectivity index (χ1) is 7.20. The van der Waals surface area contributed by atoms with Crippen LogP contribution in [0.1, 0.15) is 58.8 Å². The molecule has 1 aliphatic heterocycles. The Kier molecular flexibility index (Phi) is 4.30. The maximum absolute atomic E-state index is 11.1. The summed E-state index contributed by atoms with van der Waals surface area (Å²) in [6.45, 7) is 4.00. The fraction of sp³-hybridized carbons (Fsp3) is 0.833. The van der Waals surface area contributed by atoms with Crippen LogP contribution in [0.25, 0.3) is 0 Å². The van der Waals surface area contributed by atoms with Crippen LogP contribution in [-0.2, 0) is 14.3 Å². The van der Waals surface area contributed by atoms with Gasteiger partial charge in [-0.05, 0) is 18.3 Å². The van der Waals surface area contributed by atoms with Gasteiger partial charge in [0.05, 0.1) is 12.8 Å². The number of rotatable bonds is 0. The summed E-state index contributed by atoms with van der Waals surface area (Å²) in [5.74, 6) is -0.642. The quantitative estimate of drug-likeness (QED) is 0.458. The Morgan fingerprint density at radius 1 is 0.933 bits per heavy atom. The molecule has 0 amide bonds. The van der Waals surface area contributed by atoms with Gasteiger partial charge in [0, 0.05) is 0 Å². The molecule has 1 heterocycles. The van der Waals surface area contributed by atoms with Crippen molar-refractivity contribution >= 4 is 11.9 Å². The van der Waals surface area contributed by atoms with Crippen LogP contribution in [-0.4, -0.2) is 11.9 Å². The molecule has 2 rings (SSSR count). The second-order valence-corrected chi connectivity index (χ2v) is 4.26. The highest BCUT2D eigenvalue weighted by atomic mass is 16.6. The van der Waals surface area contributed by atoms with Gasteiger partial charge in [0.1, 0.15) is 0 Å². The Morgan fingerprint density at radius 2 is 1.40 bits per heavy atom. The third kappa shape index (κ3) is 3.05. The maximum atomic E-state index is 11.1. The van der Waals surface area contributed by atoms with Crippen molar-refractivity contribution in [2.45, 2.75) is 58.8 Å². The summed E-state index contributed by atoms with van der Waals surface area (Å²) in [6.07, 6.45) is 6.51. The largest absolute Gasteiger partial charge is 0.393 e. The number of cyclic esters (lactones) is 2. The zero-order valence-electron chi connectivity index (χ0n) is 9.67. The predicted octanol–water partition coefficient (Wildman–Crippen LogP) is 2.83. The summed E-state index contributed by atoms with van der Waals surface area (Å²) < 4.78 is 4.54. The van der Waals surface area contributed by atoms with Crippen LogP contribution >= 0.6 is 0 Å². The molecule has 0 aromatic carbocycles. The topological polar surface area (TPSA) is 43.4 Å². The van der Waals surface area contributed by atoms with E-state index < -0.39 is 0 Å². The van der Waals surface area contributed by atoms with Gasteiger partial charge >= 0.3 is 11.9 Å². The Bertz CT molecular complexity index is 221. The van der Waals surface area contributed by atoms with Gasteiger partial charge in [-0.3, -0.25) is 9.59 Å². The van der Waals surface area contributed by atoms with Crippen molar-refractivity contribution in [3.8, 4) is 0 Å². The number of carbonyl (C=O) groups is 2. The van der Waals surface area contributed by atoms with Crippen LogP contribution < -0.4 is 0 Å². The van der Waals surface area contributed by atoms with Crippen LogP contribution in [0, 0.1) is 5.41 Å². The highest BCUT2D eigenvalue weighted by Gasteiger charge is 2.41. The van der Waals surface area contributed by atoms with E-state index >= 15 is 0 Å². The van der Waals surface area contributed by atoms with Gasteiger partial charge in [-0.25, -0.2) is 0 Å². The minimum Gasteiger partial charge on any atom is -0.393 e. The molecule has 0 aromatic rings. The minimum absolute atomic E-state index is 0.0231. The molecule has 1 spiro atoms. The lowest BCUT2D eigenvalue weighted by atomic mass is 9.69. The molecule has 1 saturated carbocycles. The Labute approximate surface area is 91.2 Å². The average Bonchev–Trinajstić information content (AvgIpc) is 2.19. The number of hydrogen-bond donors (Lipinski definition) is 0. The van der Waals surface area contributed by atoms with E-state index in [4.69, 9.17) is 0 Å². The van der Waals surface area contributed by atoms with Gasteiger partial charge in [0.25, 0.3) is 0 Å². The summed E-state index contributed by atoms with van der Waals surface area (Å²) in [4.78, 5) is 22.2. The lowest BCUT2D eigenvalue weighted by molar-refractivity contribution is -0.170.